The molecule has 0 aliphatic rings. The molecule has 0 spiro atoms. The summed E-state index contributed by atoms with van der Waals surface area (Å²) in [6.07, 6.45) is 4.65. The fourth-order valence-electron chi connectivity index (χ4n) is 2.14. The minimum Gasteiger partial charge on any atom is -0.396 e. The number of nitrogens with zero attached hydrogens (tertiary/aromatic N) is 3. The third kappa shape index (κ3) is 3.56. The first-order valence-corrected chi connectivity index (χ1v) is 7.18. The van der Waals surface area contributed by atoms with Gasteiger partial charge in [0.05, 0.1) is 17.3 Å². The molecule has 7 heteroatoms. The van der Waals surface area contributed by atoms with Crippen LogP contribution in [0, 0.1) is 11.8 Å². The second kappa shape index (κ2) is 6.77. The number of aromatic nitrogens is 4. The van der Waals surface area contributed by atoms with Gasteiger partial charge in [0.2, 0.25) is 5.95 Å². The molecule has 7 nitrogen and oxygen atoms in total. The maximum Gasteiger partial charge on any atom is 0.221 e. The van der Waals surface area contributed by atoms with Gasteiger partial charge in [0.15, 0.2) is 0 Å². The summed E-state index contributed by atoms with van der Waals surface area (Å²) in [7, 11) is 0. The van der Waals surface area contributed by atoms with E-state index in [-0.39, 0.29) is 12.6 Å². The van der Waals surface area contributed by atoms with E-state index in [1.54, 1.807) is 18.5 Å². The first-order chi connectivity index (χ1) is 11.3. The largest absolute Gasteiger partial charge is 0.396 e. The number of unbranched alkanes of at least 4 members (excludes halogenated alkanes) is 1. The van der Waals surface area contributed by atoms with E-state index in [1.165, 1.54) is 0 Å². The number of hydrogen-bond donors (Lipinski definition) is 4. The summed E-state index contributed by atoms with van der Waals surface area (Å²) in [4.78, 5) is 7.99. The van der Waals surface area contributed by atoms with E-state index >= 15 is 0 Å². The highest BCUT2D eigenvalue weighted by atomic mass is 16.2. The molecule has 0 unspecified atom stereocenters. The Morgan fingerprint density at radius 3 is 3.09 bits per heavy atom. The van der Waals surface area contributed by atoms with Crippen LogP contribution in [0.1, 0.15) is 18.4 Å². The van der Waals surface area contributed by atoms with Crippen molar-refractivity contribution in [3.05, 3.63) is 36.2 Å². The number of nitrogens with two attached hydrogens (primary N) is 1. The number of rotatable bonds is 4. The summed E-state index contributed by atoms with van der Waals surface area (Å²) in [5.41, 5.74) is 8.15. The molecule has 3 rings (SSSR count). The van der Waals surface area contributed by atoms with Crippen molar-refractivity contribution in [3.63, 3.8) is 0 Å². The molecule has 3 aromatic rings. The van der Waals surface area contributed by atoms with Crippen LogP contribution in [0.4, 0.5) is 17.5 Å². The van der Waals surface area contributed by atoms with Gasteiger partial charge in [0, 0.05) is 30.3 Å². The number of H-pyrrole nitrogens is 1. The third-order valence-electron chi connectivity index (χ3n) is 3.18. The van der Waals surface area contributed by atoms with Gasteiger partial charge in [-0.1, -0.05) is 11.8 Å². The molecule has 0 saturated carbocycles. The molecule has 0 atom stereocenters. The Kier molecular flexibility index (Phi) is 4.36. The van der Waals surface area contributed by atoms with Gasteiger partial charge in [-0.2, -0.15) is 10.1 Å². The first kappa shape index (κ1) is 14.8. The lowest BCUT2D eigenvalue weighted by Gasteiger charge is -2.07. The fraction of sp³-hybridized carbons (Fsp3) is 0.188. The number of benzene rings is 1. The van der Waals surface area contributed by atoms with Crippen molar-refractivity contribution in [2.24, 2.45) is 0 Å². The van der Waals surface area contributed by atoms with E-state index in [9.17, 15) is 0 Å². The van der Waals surface area contributed by atoms with Crippen molar-refractivity contribution in [1.82, 2.24) is 20.2 Å². The van der Waals surface area contributed by atoms with Crippen molar-refractivity contribution >= 4 is 28.4 Å². The van der Waals surface area contributed by atoms with Crippen LogP contribution in [0.25, 0.3) is 10.9 Å². The zero-order valence-corrected chi connectivity index (χ0v) is 12.4. The molecular weight excluding hydrogens is 292 g/mol. The Morgan fingerprint density at radius 1 is 1.35 bits per heavy atom. The molecule has 5 N–H and O–H groups in total. The number of hydrogen-bond acceptors (Lipinski definition) is 6. The average Bonchev–Trinajstić information content (AvgIpc) is 3.00. The number of nitrogen functional groups attached to an aromatic ring is 1. The van der Waals surface area contributed by atoms with Crippen molar-refractivity contribution in [3.8, 4) is 11.8 Å². The molecule has 0 fully saturated rings. The van der Waals surface area contributed by atoms with Gasteiger partial charge in [-0.05, 0) is 24.6 Å². The molecule has 2 heterocycles. The van der Waals surface area contributed by atoms with Gasteiger partial charge in [0.25, 0.3) is 0 Å². The number of nitrogens with one attached hydrogen (secondary N) is 2. The number of anilines is 3. The van der Waals surface area contributed by atoms with Crippen molar-refractivity contribution in [1.29, 1.82) is 0 Å². The van der Waals surface area contributed by atoms with Crippen LogP contribution >= 0.6 is 0 Å². The first-order valence-electron chi connectivity index (χ1n) is 7.18. The normalized spacial score (nSPS) is 10.3. The molecule has 0 saturated heterocycles. The summed E-state index contributed by atoms with van der Waals surface area (Å²) in [5, 5.41) is 20.0. The van der Waals surface area contributed by atoms with Crippen molar-refractivity contribution < 1.29 is 5.11 Å². The Bertz CT molecular complexity index is 877. The third-order valence-corrected chi connectivity index (χ3v) is 3.18. The highest BCUT2D eigenvalue weighted by Crippen LogP contribution is 2.24. The Balaban J connectivity index is 1.93. The molecule has 116 valence electrons. The topological polar surface area (TPSA) is 113 Å². The lowest BCUT2D eigenvalue weighted by molar-refractivity contribution is 0.290. The summed E-state index contributed by atoms with van der Waals surface area (Å²) in [5.74, 6) is 6.99. The van der Waals surface area contributed by atoms with Crippen LogP contribution in [0.3, 0.4) is 0 Å². The molecule has 0 amide bonds. The molecule has 2 aromatic heterocycles. The van der Waals surface area contributed by atoms with Crippen LogP contribution in [0.2, 0.25) is 0 Å². The van der Waals surface area contributed by atoms with Gasteiger partial charge in [-0.25, -0.2) is 4.98 Å². The molecule has 0 aliphatic heterocycles. The number of fused-ring (bicyclic) bond motifs is 1. The SMILES string of the molecule is Nc1nccc(Nc2cc(C#CCCCO)c3[nH]ncc3c2)n1. The fourth-order valence-corrected chi connectivity index (χ4v) is 2.14. The van der Waals surface area contributed by atoms with Crippen LogP contribution in [-0.2, 0) is 0 Å². The number of aliphatic hydroxyl groups excluding tert-OH is 1. The quantitative estimate of drug-likeness (QED) is 0.432. The minimum atomic E-state index is 0.144. The van der Waals surface area contributed by atoms with E-state index in [2.05, 4.69) is 37.3 Å². The van der Waals surface area contributed by atoms with Gasteiger partial charge in [-0.15, -0.1) is 0 Å². The Hall–Kier alpha value is -3.11. The van der Waals surface area contributed by atoms with E-state index in [0.29, 0.717) is 18.7 Å². The maximum absolute atomic E-state index is 8.82. The number of aromatic amines is 1. The van der Waals surface area contributed by atoms with E-state index < -0.39 is 0 Å². The summed E-state index contributed by atoms with van der Waals surface area (Å²) in [6, 6.07) is 5.61. The van der Waals surface area contributed by atoms with Gasteiger partial charge in [0.1, 0.15) is 5.82 Å². The minimum absolute atomic E-state index is 0.144. The van der Waals surface area contributed by atoms with Crippen LogP contribution in [0.15, 0.2) is 30.6 Å². The Morgan fingerprint density at radius 2 is 2.26 bits per heavy atom. The highest BCUT2D eigenvalue weighted by molar-refractivity contribution is 5.88. The summed E-state index contributed by atoms with van der Waals surface area (Å²) >= 11 is 0. The van der Waals surface area contributed by atoms with Gasteiger partial charge in [-0.3, -0.25) is 5.10 Å². The zero-order valence-electron chi connectivity index (χ0n) is 12.4. The van der Waals surface area contributed by atoms with E-state index in [1.807, 2.05) is 12.1 Å². The molecule has 23 heavy (non-hydrogen) atoms. The van der Waals surface area contributed by atoms with Crippen molar-refractivity contribution in [2.45, 2.75) is 12.8 Å². The molecule has 1 aromatic carbocycles. The second-order valence-corrected chi connectivity index (χ2v) is 4.91. The average molecular weight is 308 g/mol. The van der Waals surface area contributed by atoms with Crippen LogP contribution in [-0.4, -0.2) is 31.9 Å². The Labute approximate surface area is 133 Å². The van der Waals surface area contributed by atoms with Gasteiger partial charge < -0.3 is 16.2 Å². The molecule has 0 aliphatic carbocycles. The molecule has 0 radical (unpaired) electrons. The highest BCUT2D eigenvalue weighted by Gasteiger charge is 2.05. The van der Waals surface area contributed by atoms with Crippen LogP contribution in [0.5, 0.6) is 0 Å². The molecular formula is C16H16N6O. The van der Waals surface area contributed by atoms with E-state index in [4.69, 9.17) is 10.8 Å². The summed E-state index contributed by atoms with van der Waals surface area (Å²) < 4.78 is 0. The second-order valence-electron chi connectivity index (χ2n) is 4.91. The maximum atomic E-state index is 8.82. The standard InChI is InChI=1S/C16H16N6O/c17-16-18-6-5-14(21-16)20-13-8-11(4-2-1-3-7-23)15-12(9-13)10-19-22-15/h5-6,8-10,23H,1,3,7H2,(H,19,22)(H3,17,18,20,21). The van der Waals surface area contributed by atoms with Crippen LogP contribution < -0.4 is 11.1 Å². The smallest absolute Gasteiger partial charge is 0.221 e. The summed E-state index contributed by atoms with van der Waals surface area (Å²) in [6.45, 7) is 0.144. The van der Waals surface area contributed by atoms with Crippen molar-refractivity contribution in [2.75, 3.05) is 17.7 Å². The van der Waals surface area contributed by atoms with Gasteiger partial charge >= 0.3 is 0 Å². The predicted molar refractivity (Wildman–Crippen MR) is 89.0 cm³/mol. The lowest BCUT2D eigenvalue weighted by Crippen LogP contribution is -1.99. The molecule has 0 bridgehead atoms. The number of aliphatic hydroxyl groups is 1. The monoisotopic (exact) mass is 308 g/mol. The van der Waals surface area contributed by atoms with E-state index in [0.717, 1.165) is 22.2 Å². The lowest BCUT2D eigenvalue weighted by atomic mass is 10.1. The predicted octanol–water partition coefficient (Wildman–Crippen LogP) is 1.80. The zero-order chi connectivity index (χ0) is 16.1.